The molecular weight excluding hydrogens is 309 g/mol. The Morgan fingerprint density at radius 3 is 2.95 bits per heavy atom. The second kappa shape index (κ2) is 5.79. The lowest BCUT2D eigenvalue weighted by Gasteiger charge is -2.09. The summed E-state index contributed by atoms with van der Waals surface area (Å²) in [5.74, 6) is 1.10. The molecule has 3 rings (SSSR count). The van der Waals surface area contributed by atoms with E-state index in [1.165, 1.54) is 0 Å². The summed E-state index contributed by atoms with van der Waals surface area (Å²) in [5, 5.41) is 4.53. The normalized spacial score (nSPS) is 11.0. The first kappa shape index (κ1) is 14.0. The predicted molar refractivity (Wildman–Crippen MR) is 86.1 cm³/mol. The molecule has 0 saturated carbocycles. The highest BCUT2D eigenvalue weighted by Gasteiger charge is 2.06. The Labute approximate surface area is 131 Å². The third-order valence-electron chi connectivity index (χ3n) is 3.09. The minimum atomic E-state index is 0.438. The van der Waals surface area contributed by atoms with E-state index >= 15 is 0 Å². The summed E-state index contributed by atoms with van der Waals surface area (Å²) < 4.78 is 1.83. The Morgan fingerprint density at radius 2 is 2.14 bits per heavy atom. The van der Waals surface area contributed by atoms with Gasteiger partial charge in [-0.05, 0) is 24.1 Å². The van der Waals surface area contributed by atoms with E-state index in [1.807, 2.05) is 22.7 Å². The number of nitrogen functional groups attached to an aromatic ring is 1. The number of imidazole rings is 1. The van der Waals surface area contributed by atoms with Crippen molar-refractivity contribution in [3.8, 4) is 0 Å². The second-order valence-corrected chi connectivity index (χ2v) is 5.43. The molecule has 108 valence electrons. The number of halogens is 2. The smallest absolute Gasteiger partial charge is 0.180 e. The fraction of sp³-hybridized carbons (Fsp3) is 0.143. The summed E-state index contributed by atoms with van der Waals surface area (Å²) >= 11 is 12.0. The topological polar surface area (TPSA) is 68.2 Å². The molecule has 0 aliphatic carbocycles. The number of aromatic nitrogens is 3. The lowest BCUT2D eigenvalue weighted by molar-refractivity contribution is 1.000. The van der Waals surface area contributed by atoms with Crippen molar-refractivity contribution in [2.45, 2.75) is 6.42 Å². The monoisotopic (exact) mass is 321 g/mol. The molecule has 1 aromatic carbocycles. The van der Waals surface area contributed by atoms with Gasteiger partial charge in [-0.1, -0.05) is 29.3 Å². The molecule has 21 heavy (non-hydrogen) atoms. The van der Waals surface area contributed by atoms with Crippen LogP contribution in [0.3, 0.4) is 0 Å². The van der Waals surface area contributed by atoms with Crippen molar-refractivity contribution >= 4 is 40.5 Å². The Hall–Kier alpha value is -1.98. The molecule has 0 atom stereocenters. The molecular formula is C14H13Cl2N5. The van der Waals surface area contributed by atoms with Crippen molar-refractivity contribution < 1.29 is 0 Å². The van der Waals surface area contributed by atoms with E-state index in [9.17, 15) is 0 Å². The zero-order valence-electron chi connectivity index (χ0n) is 11.1. The predicted octanol–water partition coefficient (Wildman–Crippen LogP) is 3.27. The van der Waals surface area contributed by atoms with Crippen molar-refractivity contribution in [2.75, 3.05) is 17.6 Å². The molecule has 0 amide bonds. The SMILES string of the molecule is Nc1cn2ccnc2c(NCCc2ccc(Cl)cc2Cl)n1. The highest BCUT2D eigenvalue weighted by atomic mass is 35.5. The van der Waals surface area contributed by atoms with Gasteiger partial charge in [-0.25, -0.2) is 9.97 Å². The van der Waals surface area contributed by atoms with Gasteiger partial charge in [0.05, 0.1) is 6.20 Å². The molecule has 0 radical (unpaired) electrons. The van der Waals surface area contributed by atoms with Gasteiger partial charge in [0.25, 0.3) is 0 Å². The van der Waals surface area contributed by atoms with Gasteiger partial charge in [0, 0.05) is 29.0 Å². The Kier molecular flexibility index (Phi) is 3.86. The molecule has 0 saturated heterocycles. The molecule has 0 fully saturated rings. The molecule has 7 heteroatoms. The second-order valence-electron chi connectivity index (χ2n) is 4.59. The molecule has 0 aliphatic heterocycles. The highest BCUT2D eigenvalue weighted by Crippen LogP contribution is 2.21. The van der Waals surface area contributed by atoms with Crippen LogP contribution in [0, 0.1) is 0 Å². The van der Waals surface area contributed by atoms with Crippen LogP contribution in [0.15, 0.2) is 36.8 Å². The maximum Gasteiger partial charge on any atom is 0.180 e. The number of fused-ring (bicyclic) bond motifs is 1. The summed E-state index contributed by atoms with van der Waals surface area (Å²) in [6.45, 7) is 0.667. The zero-order valence-corrected chi connectivity index (χ0v) is 12.6. The first-order valence-corrected chi connectivity index (χ1v) is 7.16. The molecule has 0 unspecified atom stereocenters. The third kappa shape index (κ3) is 3.04. The molecule has 3 aromatic rings. The third-order valence-corrected chi connectivity index (χ3v) is 3.68. The summed E-state index contributed by atoms with van der Waals surface area (Å²) in [5.41, 5.74) is 7.54. The van der Waals surface area contributed by atoms with Crippen LogP contribution in [-0.4, -0.2) is 20.9 Å². The first-order valence-electron chi connectivity index (χ1n) is 6.40. The van der Waals surface area contributed by atoms with Crippen LogP contribution in [0.4, 0.5) is 11.6 Å². The van der Waals surface area contributed by atoms with Crippen LogP contribution in [0.1, 0.15) is 5.56 Å². The molecule has 0 aliphatic rings. The van der Waals surface area contributed by atoms with Gasteiger partial charge < -0.3 is 15.5 Å². The van der Waals surface area contributed by atoms with E-state index in [2.05, 4.69) is 15.3 Å². The summed E-state index contributed by atoms with van der Waals surface area (Å²) in [6.07, 6.45) is 6.01. The number of hydrogen-bond donors (Lipinski definition) is 2. The van der Waals surface area contributed by atoms with E-state index in [-0.39, 0.29) is 0 Å². The minimum Gasteiger partial charge on any atom is -0.382 e. The number of nitrogens with one attached hydrogen (secondary N) is 1. The Balaban J connectivity index is 1.73. The van der Waals surface area contributed by atoms with Gasteiger partial charge >= 0.3 is 0 Å². The first-order chi connectivity index (χ1) is 10.1. The largest absolute Gasteiger partial charge is 0.382 e. The quantitative estimate of drug-likeness (QED) is 0.773. The summed E-state index contributed by atoms with van der Waals surface area (Å²) in [6, 6.07) is 5.49. The number of benzene rings is 1. The Bertz CT molecular complexity index is 784. The summed E-state index contributed by atoms with van der Waals surface area (Å²) in [7, 11) is 0. The van der Waals surface area contributed by atoms with Gasteiger partial charge in [0.1, 0.15) is 5.82 Å². The van der Waals surface area contributed by atoms with Crippen LogP contribution in [-0.2, 0) is 6.42 Å². The van der Waals surface area contributed by atoms with Gasteiger partial charge in [0.2, 0.25) is 0 Å². The van der Waals surface area contributed by atoms with Crippen molar-refractivity contribution in [1.29, 1.82) is 0 Å². The number of nitrogens with zero attached hydrogens (tertiary/aromatic N) is 3. The van der Waals surface area contributed by atoms with E-state index in [0.717, 1.165) is 17.6 Å². The van der Waals surface area contributed by atoms with Crippen LogP contribution in [0.25, 0.3) is 5.65 Å². The van der Waals surface area contributed by atoms with E-state index in [4.69, 9.17) is 28.9 Å². The summed E-state index contributed by atoms with van der Waals surface area (Å²) in [4.78, 5) is 8.52. The van der Waals surface area contributed by atoms with Crippen molar-refractivity contribution in [1.82, 2.24) is 14.4 Å². The number of rotatable bonds is 4. The van der Waals surface area contributed by atoms with E-state index in [1.54, 1.807) is 18.5 Å². The fourth-order valence-electron chi connectivity index (χ4n) is 2.11. The molecule has 5 nitrogen and oxygen atoms in total. The lowest BCUT2D eigenvalue weighted by atomic mass is 10.1. The van der Waals surface area contributed by atoms with Gasteiger partial charge in [-0.3, -0.25) is 0 Å². The van der Waals surface area contributed by atoms with Crippen molar-refractivity contribution in [3.05, 3.63) is 52.4 Å². The standard InChI is InChI=1S/C14H13Cl2N5/c15-10-2-1-9(11(16)7-10)3-4-18-13-14-19-5-6-21(14)8-12(17)20-13/h1-2,5-8H,3-4,17H2,(H,18,20). The van der Waals surface area contributed by atoms with E-state index in [0.29, 0.717) is 28.2 Å². The van der Waals surface area contributed by atoms with Crippen LogP contribution < -0.4 is 11.1 Å². The number of anilines is 2. The Morgan fingerprint density at radius 1 is 1.29 bits per heavy atom. The molecule has 0 spiro atoms. The van der Waals surface area contributed by atoms with Crippen LogP contribution in [0.2, 0.25) is 10.0 Å². The minimum absolute atomic E-state index is 0.438. The molecule has 0 bridgehead atoms. The zero-order chi connectivity index (χ0) is 14.8. The average Bonchev–Trinajstić information content (AvgIpc) is 2.89. The number of nitrogens with two attached hydrogens (primary N) is 1. The van der Waals surface area contributed by atoms with Gasteiger partial charge in [0.15, 0.2) is 11.5 Å². The fourth-order valence-corrected chi connectivity index (χ4v) is 2.61. The molecule has 3 N–H and O–H groups in total. The van der Waals surface area contributed by atoms with Crippen molar-refractivity contribution in [3.63, 3.8) is 0 Å². The maximum absolute atomic E-state index is 6.15. The maximum atomic E-state index is 6.15. The van der Waals surface area contributed by atoms with Crippen LogP contribution >= 0.6 is 23.2 Å². The van der Waals surface area contributed by atoms with Gasteiger partial charge in [-0.2, -0.15) is 0 Å². The number of hydrogen-bond acceptors (Lipinski definition) is 4. The molecule has 2 aromatic heterocycles. The average molecular weight is 322 g/mol. The lowest BCUT2D eigenvalue weighted by Crippen LogP contribution is -2.09. The van der Waals surface area contributed by atoms with Crippen molar-refractivity contribution in [2.24, 2.45) is 0 Å². The highest BCUT2D eigenvalue weighted by molar-refractivity contribution is 6.35. The molecule has 2 heterocycles. The van der Waals surface area contributed by atoms with Crippen LogP contribution in [0.5, 0.6) is 0 Å². The van der Waals surface area contributed by atoms with Gasteiger partial charge in [-0.15, -0.1) is 0 Å². The van der Waals surface area contributed by atoms with E-state index < -0.39 is 0 Å².